The van der Waals surface area contributed by atoms with Crippen LogP contribution in [0.3, 0.4) is 0 Å². The molecule has 0 spiro atoms. The number of aryl methyl sites for hydroxylation is 4. The molecule has 4 aromatic rings. The lowest BCUT2D eigenvalue weighted by Crippen LogP contribution is -2.25. The molecular formula is C29H32ClN3O2. The molecule has 1 amide bonds. The average Bonchev–Trinajstić information content (AvgIpc) is 3.23. The third kappa shape index (κ3) is 7.09. The molecule has 1 heterocycles. The van der Waals surface area contributed by atoms with Gasteiger partial charge in [0.05, 0.1) is 17.6 Å². The van der Waals surface area contributed by atoms with Crippen LogP contribution in [0.2, 0.25) is 5.02 Å². The van der Waals surface area contributed by atoms with Crippen molar-refractivity contribution < 1.29 is 9.53 Å². The average molecular weight is 490 g/mol. The Kier molecular flexibility index (Phi) is 8.79. The summed E-state index contributed by atoms with van der Waals surface area (Å²) in [4.78, 5) is 17.1. The van der Waals surface area contributed by atoms with Gasteiger partial charge in [-0.3, -0.25) is 4.79 Å². The van der Waals surface area contributed by atoms with Crippen molar-refractivity contribution in [3.8, 4) is 5.75 Å². The fourth-order valence-corrected chi connectivity index (χ4v) is 4.27. The van der Waals surface area contributed by atoms with E-state index in [4.69, 9.17) is 21.3 Å². The van der Waals surface area contributed by atoms with Gasteiger partial charge in [-0.25, -0.2) is 4.98 Å². The SMILES string of the molecule is Cc1cc(OCCCn2c(CCCNC(=O)CCc3ccccc3)nc3ccccc32)ccc1Cl. The lowest BCUT2D eigenvalue weighted by atomic mass is 10.1. The first-order valence-electron chi connectivity index (χ1n) is 12.2. The second-order valence-electron chi connectivity index (χ2n) is 8.72. The second kappa shape index (κ2) is 12.4. The van der Waals surface area contributed by atoms with Crippen LogP contribution in [0, 0.1) is 6.92 Å². The molecule has 182 valence electrons. The molecule has 0 radical (unpaired) electrons. The number of amides is 1. The Labute approximate surface area is 212 Å². The molecule has 0 aliphatic rings. The van der Waals surface area contributed by atoms with Crippen LogP contribution in [-0.2, 0) is 24.2 Å². The number of hydrogen-bond acceptors (Lipinski definition) is 3. The molecule has 0 saturated heterocycles. The highest BCUT2D eigenvalue weighted by molar-refractivity contribution is 6.31. The summed E-state index contributed by atoms with van der Waals surface area (Å²) >= 11 is 6.10. The standard InChI is InChI=1S/C29H32ClN3O2/c1-22-21-24(15-16-25(22)30)35-20-8-19-33-27-12-6-5-11-26(27)32-28(33)13-7-18-31-29(34)17-14-23-9-3-2-4-10-23/h2-6,9-12,15-16,21H,7-8,13-14,17-20H2,1H3,(H,31,34). The van der Waals surface area contributed by atoms with Gasteiger partial charge < -0.3 is 14.6 Å². The van der Waals surface area contributed by atoms with E-state index >= 15 is 0 Å². The lowest BCUT2D eigenvalue weighted by Gasteiger charge is -2.11. The highest BCUT2D eigenvalue weighted by Gasteiger charge is 2.11. The monoisotopic (exact) mass is 489 g/mol. The topological polar surface area (TPSA) is 56.1 Å². The van der Waals surface area contributed by atoms with E-state index in [2.05, 4.69) is 28.1 Å². The summed E-state index contributed by atoms with van der Waals surface area (Å²) in [7, 11) is 0. The Balaban J connectivity index is 1.26. The van der Waals surface area contributed by atoms with Crippen molar-refractivity contribution in [1.82, 2.24) is 14.9 Å². The van der Waals surface area contributed by atoms with Gasteiger partial charge in [0, 0.05) is 31.0 Å². The minimum Gasteiger partial charge on any atom is -0.494 e. The molecule has 0 bridgehead atoms. The first-order valence-corrected chi connectivity index (χ1v) is 12.6. The van der Waals surface area contributed by atoms with Crippen LogP contribution < -0.4 is 10.1 Å². The Morgan fingerprint density at radius 2 is 1.80 bits per heavy atom. The van der Waals surface area contributed by atoms with E-state index in [0.717, 1.165) is 65.4 Å². The van der Waals surface area contributed by atoms with E-state index in [1.165, 1.54) is 5.56 Å². The van der Waals surface area contributed by atoms with Crippen LogP contribution in [-0.4, -0.2) is 28.6 Å². The van der Waals surface area contributed by atoms with Gasteiger partial charge >= 0.3 is 0 Å². The zero-order valence-electron chi connectivity index (χ0n) is 20.2. The molecule has 5 nitrogen and oxygen atoms in total. The Morgan fingerprint density at radius 3 is 2.63 bits per heavy atom. The summed E-state index contributed by atoms with van der Waals surface area (Å²) in [6.45, 7) is 4.07. The van der Waals surface area contributed by atoms with Gasteiger partial charge in [-0.05, 0) is 67.6 Å². The van der Waals surface area contributed by atoms with Crippen LogP contribution in [0.5, 0.6) is 5.75 Å². The van der Waals surface area contributed by atoms with Crippen LogP contribution in [0.25, 0.3) is 11.0 Å². The predicted molar refractivity (Wildman–Crippen MR) is 142 cm³/mol. The quantitative estimate of drug-likeness (QED) is 0.243. The number of nitrogens with zero attached hydrogens (tertiary/aromatic N) is 2. The van der Waals surface area contributed by atoms with Crippen molar-refractivity contribution in [2.24, 2.45) is 0 Å². The molecule has 0 saturated carbocycles. The van der Waals surface area contributed by atoms with Gasteiger partial charge in [0.15, 0.2) is 0 Å². The van der Waals surface area contributed by atoms with Crippen LogP contribution in [0.4, 0.5) is 0 Å². The third-order valence-electron chi connectivity index (χ3n) is 6.04. The summed E-state index contributed by atoms with van der Waals surface area (Å²) < 4.78 is 8.21. The Morgan fingerprint density at radius 1 is 1.00 bits per heavy atom. The van der Waals surface area contributed by atoms with E-state index in [-0.39, 0.29) is 5.91 Å². The number of para-hydroxylation sites is 2. The molecule has 0 aliphatic carbocycles. The molecule has 35 heavy (non-hydrogen) atoms. The number of hydrogen-bond donors (Lipinski definition) is 1. The van der Waals surface area contributed by atoms with Crippen molar-refractivity contribution in [1.29, 1.82) is 0 Å². The number of carbonyl (C=O) groups excluding carboxylic acids is 1. The molecular weight excluding hydrogens is 458 g/mol. The molecule has 0 atom stereocenters. The van der Waals surface area contributed by atoms with Crippen LogP contribution >= 0.6 is 11.6 Å². The maximum atomic E-state index is 12.2. The van der Waals surface area contributed by atoms with Crippen molar-refractivity contribution >= 4 is 28.5 Å². The minimum absolute atomic E-state index is 0.0944. The van der Waals surface area contributed by atoms with E-state index in [9.17, 15) is 4.79 Å². The Hall–Kier alpha value is -3.31. The van der Waals surface area contributed by atoms with Crippen LogP contribution in [0.15, 0.2) is 72.8 Å². The van der Waals surface area contributed by atoms with Crippen molar-refractivity contribution in [3.63, 3.8) is 0 Å². The summed E-state index contributed by atoms with van der Waals surface area (Å²) in [6, 6.07) is 24.1. The van der Waals surface area contributed by atoms with Gasteiger partial charge in [0.1, 0.15) is 11.6 Å². The minimum atomic E-state index is 0.0944. The second-order valence-corrected chi connectivity index (χ2v) is 9.13. The Bertz CT molecular complexity index is 1250. The molecule has 3 aromatic carbocycles. The third-order valence-corrected chi connectivity index (χ3v) is 6.46. The van der Waals surface area contributed by atoms with Gasteiger partial charge in [-0.2, -0.15) is 0 Å². The zero-order chi connectivity index (χ0) is 24.5. The number of benzene rings is 3. The maximum Gasteiger partial charge on any atom is 0.220 e. The number of imidazole rings is 1. The van der Waals surface area contributed by atoms with Crippen molar-refractivity contribution in [2.75, 3.05) is 13.2 Å². The fraction of sp³-hybridized carbons (Fsp3) is 0.310. The van der Waals surface area contributed by atoms with Gasteiger partial charge in [-0.15, -0.1) is 0 Å². The van der Waals surface area contributed by atoms with Crippen molar-refractivity contribution in [2.45, 2.75) is 45.6 Å². The number of carbonyl (C=O) groups is 1. The molecule has 1 N–H and O–H groups in total. The zero-order valence-corrected chi connectivity index (χ0v) is 20.9. The molecule has 1 aromatic heterocycles. The summed E-state index contributed by atoms with van der Waals surface area (Å²) in [5.74, 6) is 1.98. The normalized spacial score (nSPS) is 11.0. The number of rotatable bonds is 12. The maximum absolute atomic E-state index is 12.2. The molecule has 0 fully saturated rings. The lowest BCUT2D eigenvalue weighted by molar-refractivity contribution is -0.121. The largest absolute Gasteiger partial charge is 0.494 e. The fourth-order valence-electron chi connectivity index (χ4n) is 4.15. The van der Waals surface area contributed by atoms with Crippen molar-refractivity contribution in [3.05, 3.63) is 94.8 Å². The summed E-state index contributed by atoms with van der Waals surface area (Å²) in [6.07, 6.45) is 3.80. The number of nitrogens with one attached hydrogen (secondary N) is 1. The van der Waals surface area contributed by atoms with E-state index in [1.807, 2.05) is 61.5 Å². The highest BCUT2D eigenvalue weighted by atomic mass is 35.5. The van der Waals surface area contributed by atoms with Gasteiger partial charge in [0.2, 0.25) is 5.91 Å². The summed E-state index contributed by atoms with van der Waals surface area (Å²) in [5, 5.41) is 3.80. The highest BCUT2D eigenvalue weighted by Crippen LogP contribution is 2.22. The summed E-state index contributed by atoms with van der Waals surface area (Å²) in [5.41, 5.74) is 4.34. The van der Waals surface area contributed by atoms with E-state index in [1.54, 1.807) is 0 Å². The van der Waals surface area contributed by atoms with E-state index < -0.39 is 0 Å². The number of ether oxygens (including phenoxy) is 1. The van der Waals surface area contributed by atoms with E-state index in [0.29, 0.717) is 19.6 Å². The number of fused-ring (bicyclic) bond motifs is 1. The molecule has 6 heteroatoms. The molecule has 4 rings (SSSR count). The molecule has 0 aliphatic heterocycles. The van der Waals surface area contributed by atoms with Gasteiger partial charge in [0.25, 0.3) is 0 Å². The number of halogens is 1. The van der Waals surface area contributed by atoms with Gasteiger partial charge in [-0.1, -0.05) is 54.1 Å². The number of aromatic nitrogens is 2. The van der Waals surface area contributed by atoms with Crippen LogP contribution in [0.1, 0.15) is 36.2 Å². The predicted octanol–water partition coefficient (Wildman–Crippen LogP) is 6.15. The molecule has 0 unspecified atom stereocenters. The first-order chi connectivity index (χ1) is 17.1. The smallest absolute Gasteiger partial charge is 0.220 e. The first kappa shape index (κ1) is 24.8.